The van der Waals surface area contributed by atoms with E-state index in [1.165, 1.54) is 7.11 Å². The van der Waals surface area contributed by atoms with Crippen LogP contribution in [-0.2, 0) is 9.53 Å². The molecule has 0 atom stereocenters. The minimum atomic E-state index is -0.242. The van der Waals surface area contributed by atoms with Crippen LogP contribution in [0.15, 0.2) is 52.9 Å². The van der Waals surface area contributed by atoms with Crippen molar-refractivity contribution in [1.82, 2.24) is 9.56 Å². The first-order valence-electron chi connectivity index (χ1n) is 10.3. The van der Waals surface area contributed by atoms with E-state index in [4.69, 9.17) is 14.1 Å². The van der Waals surface area contributed by atoms with Crippen LogP contribution in [0.25, 0.3) is 33.3 Å². The Morgan fingerprint density at radius 3 is 2.55 bits per heavy atom. The molecule has 0 spiro atoms. The predicted octanol–water partition coefficient (Wildman–Crippen LogP) is 0.877. The molecule has 7 heteroatoms. The van der Waals surface area contributed by atoms with Gasteiger partial charge in [-0.1, -0.05) is 24.3 Å². The second-order valence-electron chi connectivity index (χ2n) is 7.11. The third-order valence-corrected chi connectivity index (χ3v) is 5.38. The van der Waals surface area contributed by atoms with Crippen LogP contribution in [0.2, 0.25) is 0 Å². The molecular weight excluding hydrogens is 414 g/mol. The van der Waals surface area contributed by atoms with E-state index >= 15 is 0 Å². The Morgan fingerprint density at radius 2 is 1.84 bits per heavy atom. The summed E-state index contributed by atoms with van der Waals surface area (Å²) in [4.78, 5) is 16.4. The highest BCUT2D eigenvalue weighted by atomic mass is 35.5. The average molecular weight is 440 g/mol. The highest BCUT2D eigenvalue weighted by Crippen LogP contribution is 2.33. The van der Waals surface area contributed by atoms with Crippen LogP contribution in [0, 0.1) is 0 Å². The molecule has 0 aromatic heterocycles. The molecule has 0 unspecified atom stereocenters. The summed E-state index contributed by atoms with van der Waals surface area (Å²) >= 11 is 0. The molecule has 1 aliphatic heterocycles. The van der Waals surface area contributed by atoms with Gasteiger partial charge >= 0.3 is 5.97 Å². The number of nitrogens with one attached hydrogen (secondary N) is 1. The maximum absolute atomic E-state index is 11.5. The summed E-state index contributed by atoms with van der Waals surface area (Å²) in [6.07, 6.45) is 0.295. The third-order valence-electron chi connectivity index (χ3n) is 5.38. The summed E-state index contributed by atoms with van der Waals surface area (Å²) in [6.45, 7) is 6.63. The molecule has 6 nitrogen and oxygen atoms in total. The smallest absolute Gasteiger partial charge is 0.307 e. The SMILES string of the molecule is CC[N+](CC)=c1ccc2nc3c(cc(NCCC(=O)OC)c4ccccc43)oc-2c1.[Cl-]. The molecule has 0 amide bonds. The van der Waals surface area contributed by atoms with Crippen LogP contribution >= 0.6 is 0 Å². The highest BCUT2D eigenvalue weighted by Gasteiger charge is 2.15. The van der Waals surface area contributed by atoms with Gasteiger partial charge in [0.2, 0.25) is 5.36 Å². The van der Waals surface area contributed by atoms with Gasteiger partial charge in [0, 0.05) is 35.1 Å². The fourth-order valence-electron chi connectivity index (χ4n) is 3.78. The molecule has 1 heterocycles. The summed E-state index contributed by atoms with van der Waals surface area (Å²) in [5.41, 5.74) is 3.27. The van der Waals surface area contributed by atoms with Crippen molar-refractivity contribution < 1.29 is 26.4 Å². The Morgan fingerprint density at radius 1 is 1.10 bits per heavy atom. The molecule has 2 aromatic rings. The number of carbonyl (C=O) groups is 1. The Labute approximate surface area is 187 Å². The van der Waals surface area contributed by atoms with Crippen molar-refractivity contribution in [3.63, 3.8) is 0 Å². The second kappa shape index (κ2) is 9.79. The molecule has 162 valence electrons. The zero-order valence-electron chi connectivity index (χ0n) is 17.9. The molecule has 1 aliphatic carbocycles. The van der Waals surface area contributed by atoms with Gasteiger partial charge < -0.3 is 26.9 Å². The van der Waals surface area contributed by atoms with E-state index < -0.39 is 0 Å². The lowest BCUT2D eigenvalue weighted by Crippen LogP contribution is -3.00. The van der Waals surface area contributed by atoms with Gasteiger partial charge in [-0.2, -0.15) is 0 Å². The van der Waals surface area contributed by atoms with Crippen molar-refractivity contribution >= 4 is 33.5 Å². The van der Waals surface area contributed by atoms with Crippen LogP contribution in [0.1, 0.15) is 20.3 Å². The number of halogens is 1. The third kappa shape index (κ3) is 4.49. The van der Waals surface area contributed by atoms with Crippen LogP contribution in [0.5, 0.6) is 0 Å². The highest BCUT2D eigenvalue weighted by molar-refractivity contribution is 6.10. The number of carbonyl (C=O) groups excluding carboxylic acids is 1. The average Bonchev–Trinajstić information content (AvgIpc) is 2.78. The predicted molar refractivity (Wildman–Crippen MR) is 120 cm³/mol. The fraction of sp³-hybridized carbons (Fsp3) is 0.292. The van der Waals surface area contributed by atoms with Gasteiger partial charge in [-0.3, -0.25) is 4.79 Å². The number of anilines is 1. The van der Waals surface area contributed by atoms with Crippen molar-refractivity contribution in [1.29, 1.82) is 0 Å². The number of hydrogen-bond acceptors (Lipinski definition) is 5. The second-order valence-corrected chi connectivity index (χ2v) is 7.11. The van der Waals surface area contributed by atoms with Gasteiger partial charge in [0.25, 0.3) is 0 Å². The molecule has 0 saturated heterocycles. The summed E-state index contributed by atoms with van der Waals surface area (Å²) in [5, 5.41) is 6.51. The van der Waals surface area contributed by atoms with Crippen molar-refractivity contribution in [2.45, 2.75) is 20.3 Å². The monoisotopic (exact) mass is 439 g/mol. The summed E-state index contributed by atoms with van der Waals surface area (Å²) in [7, 11) is 1.40. The standard InChI is InChI=1S/C24H25N3O3.ClH/c1-4-27(5-2)16-10-11-19-21(14-16)30-22-15-20(25-13-12-23(28)29-3)17-8-6-7-9-18(17)24(22)26-19;/h6-11,14-15H,4-5,12-13H2,1-3H3;1H. The van der Waals surface area contributed by atoms with E-state index in [9.17, 15) is 4.79 Å². The summed E-state index contributed by atoms with van der Waals surface area (Å²) < 4.78 is 13.3. The van der Waals surface area contributed by atoms with E-state index in [0.717, 1.165) is 51.9 Å². The molecule has 2 aromatic carbocycles. The number of nitrogens with zero attached hydrogens (tertiary/aromatic N) is 2. The topological polar surface area (TPSA) is 67.4 Å². The number of methoxy groups -OCH3 is 1. The first-order valence-corrected chi connectivity index (χ1v) is 10.3. The van der Waals surface area contributed by atoms with E-state index in [0.29, 0.717) is 18.5 Å². The molecule has 2 aliphatic rings. The van der Waals surface area contributed by atoms with E-state index in [1.54, 1.807) is 0 Å². The van der Waals surface area contributed by atoms with Crippen molar-refractivity contribution in [3.8, 4) is 11.5 Å². The lowest BCUT2D eigenvalue weighted by atomic mass is 10.1. The van der Waals surface area contributed by atoms with Gasteiger partial charge in [0.15, 0.2) is 11.3 Å². The van der Waals surface area contributed by atoms with Crippen LogP contribution < -0.4 is 27.7 Å². The number of fused-ring (bicyclic) bond motifs is 4. The first-order chi connectivity index (χ1) is 14.6. The Bertz CT molecular complexity index is 1260. The van der Waals surface area contributed by atoms with E-state index in [1.807, 2.05) is 42.5 Å². The largest absolute Gasteiger partial charge is 1.00 e. The number of hydrogen-bond donors (Lipinski definition) is 1. The van der Waals surface area contributed by atoms with Gasteiger partial charge in [-0.25, -0.2) is 9.56 Å². The molecule has 0 fully saturated rings. The van der Waals surface area contributed by atoms with Crippen LogP contribution in [0.4, 0.5) is 5.69 Å². The number of ether oxygens (including phenoxy) is 1. The Hall–Kier alpha value is -3.12. The Balaban J connectivity index is 0.00000272. The van der Waals surface area contributed by atoms with Crippen molar-refractivity contribution in [2.24, 2.45) is 0 Å². The van der Waals surface area contributed by atoms with Crippen molar-refractivity contribution in [3.05, 3.63) is 53.9 Å². The summed E-state index contributed by atoms with van der Waals surface area (Å²) in [6, 6.07) is 16.2. The minimum absolute atomic E-state index is 0. The fourth-order valence-corrected chi connectivity index (χ4v) is 3.78. The van der Waals surface area contributed by atoms with Crippen LogP contribution in [0.3, 0.4) is 0 Å². The van der Waals surface area contributed by atoms with E-state index in [-0.39, 0.29) is 18.4 Å². The number of benzene rings is 3. The molecule has 0 saturated carbocycles. The molecule has 4 rings (SSSR count). The zero-order valence-corrected chi connectivity index (χ0v) is 18.7. The van der Waals surface area contributed by atoms with Crippen LogP contribution in [-0.4, -0.2) is 37.7 Å². The molecule has 0 bridgehead atoms. The first kappa shape index (κ1) is 22.6. The molecular formula is C24H26ClN3O3. The van der Waals surface area contributed by atoms with E-state index in [2.05, 4.69) is 29.8 Å². The number of rotatable bonds is 6. The maximum atomic E-state index is 11.5. The lowest BCUT2D eigenvalue weighted by molar-refractivity contribution is -0.140. The van der Waals surface area contributed by atoms with Gasteiger partial charge in [0.05, 0.1) is 19.6 Å². The number of esters is 1. The number of aromatic nitrogens is 1. The molecule has 0 radical (unpaired) electrons. The van der Waals surface area contributed by atoms with Crippen molar-refractivity contribution in [2.75, 3.05) is 32.1 Å². The quantitative estimate of drug-likeness (QED) is 0.209. The summed E-state index contributed by atoms with van der Waals surface area (Å²) in [5.74, 6) is 0.511. The molecule has 1 N–H and O–H groups in total. The minimum Gasteiger partial charge on any atom is -1.00 e. The van der Waals surface area contributed by atoms with Gasteiger partial charge in [-0.15, -0.1) is 0 Å². The van der Waals surface area contributed by atoms with Gasteiger partial charge in [0.1, 0.15) is 24.3 Å². The zero-order chi connectivity index (χ0) is 21.1. The normalized spacial score (nSPS) is 10.8. The molecule has 31 heavy (non-hydrogen) atoms. The van der Waals surface area contributed by atoms with Gasteiger partial charge in [-0.05, 0) is 19.9 Å². The Kier molecular flexibility index (Phi) is 7.13. The maximum Gasteiger partial charge on any atom is 0.307 e. The lowest BCUT2D eigenvalue weighted by Gasteiger charge is -2.13.